The monoisotopic (exact) mass is 246 g/mol. The molecule has 1 unspecified atom stereocenters. The van der Waals surface area contributed by atoms with Crippen LogP contribution in [0.3, 0.4) is 0 Å². The van der Waals surface area contributed by atoms with E-state index in [2.05, 4.69) is 38.3 Å². The molecule has 0 heterocycles. The smallest absolute Gasteiger partial charge is 0.0584 e. The predicted octanol–water partition coefficient (Wildman–Crippen LogP) is 0.875. The van der Waals surface area contributed by atoms with Gasteiger partial charge in [-0.2, -0.15) is 0 Å². The quantitative estimate of drug-likeness (QED) is 0.462. The van der Waals surface area contributed by atoms with Gasteiger partial charge in [0, 0.05) is 24.2 Å². The molecule has 4 N–H and O–H groups in total. The normalized spacial score (nSPS) is 17.1. The number of aliphatic hydroxyl groups excluding tert-OH is 2. The van der Waals surface area contributed by atoms with Gasteiger partial charge in [-0.05, 0) is 26.2 Å². The van der Waals surface area contributed by atoms with Gasteiger partial charge in [0.1, 0.15) is 0 Å². The molecule has 0 amide bonds. The Morgan fingerprint density at radius 3 is 1.88 bits per heavy atom. The van der Waals surface area contributed by atoms with Crippen molar-refractivity contribution < 1.29 is 10.2 Å². The second-order valence-corrected chi connectivity index (χ2v) is 5.13. The van der Waals surface area contributed by atoms with Crippen LogP contribution in [0.15, 0.2) is 0 Å². The van der Waals surface area contributed by atoms with Crippen molar-refractivity contribution in [2.75, 3.05) is 13.2 Å². The summed E-state index contributed by atoms with van der Waals surface area (Å²) in [7, 11) is 0. The molecule has 0 aromatic heterocycles. The molecule has 0 radical (unpaired) electrons. The van der Waals surface area contributed by atoms with Crippen LogP contribution in [0.2, 0.25) is 0 Å². The second-order valence-electron chi connectivity index (χ2n) is 5.13. The third-order valence-electron chi connectivity index (χ3n) is 2.97. The number of hydrogen-bond acceptors (Lipinski definition) is 4. The highest BCUT2D eigenvalue weighted by molar-refractivity contribution is 4.74. The fourth-order valence-electron chi connectivity index (χ4n) is 1.94. The Hall–Kier alpha value is -0.160. The van der Waals surface area contributed by atoms with Gasteiger partial charge in [0.15, 0.2) is 0 Å². The van der Waals surface area contributed by atoms with Crippen LogP contribution < -0.4 is 10.6 Å². The summed E-state index contributed by atoms with van der Waals surface area (Å²) in [5.74, 6) is 0. The Labute approximate surface area is 106 Å². The zero-order chi connectivity index (χ0) is 13.3. The number of hydrogen-bond donors (Lipinski definition) is 4. The van der Waals surface area contributed by atoms with E-state index in [1.165, 1.54) is 0 Å². The van der Waals surface area contributed by atoms with Gasteiger partial charge in [0.05, 0.1) is 13.2 Å². The third-order valence-corrected chi connectivity index (χ3v) is 2.97. The Bertz CT molecular complexity index is 173. The van der Waals surface area contributed by atoms with Crippen molar-refractivity contribution in [2.24, 2.45) is 0 Å². The van der Waals surface area contributed by atoms with Crippen LogP contribution in [0.4, 0.5) is 0 Å². The van der Waals surface area contributed by atoms with E-state index in [9.17, 15) is 5.11 Å². The molecule has 0 aliphatic heterocycles. The van der Waals surface area contributed by atoms with Crippen LogP contribution >= 0.6 is 0 Å². The predicted molar refractivity (Wildman–Crippen MR) is 72.1 cm³/mol. The Morgan fingerprint density at radius 2 is 1.47 bits per heavy atom. The lowest BCUT2D eigenvalue weighted by Crippen LogP contribution is -2.41. The van der Waals surface area contributed by atoms with Crippen molar-refractivity contribution in [3.8, 4) is 0 Å². The van der Waals surface area contributed by atoms with Gasteiger partial charge < -0.3 is 20.8 Å². The van der Waals surface area contributed by atoms with E-state index in [4.69, 9.17) is 5.11 Å². The van der Waals surface area contributed by atoms with Crippen molar-refractivity contribution in [1.82, 2.24) is 10.6 Å². The molecule has 104 valence electrons. The van der Waals surface area contributed by atoms with Crippen molar-refractivity contribution in [3.05, 3.63) is 0 Å². The highest BCUT2D eigenvalue weighted by Crippen LogP contribution is 2.04. The molecule has 0 aliphatic carbocycles. The van der Waals surface area contributed by atoms with Crippen LogP contribution in [0, 0.1) is 0 Å². The van der Waals surface area contributed by atoms with E-state index in [-0.39, 0.29) is 25.3 Å². The molecule has 0 spiro atoms. The minimum absolute atomic E-state index is 0.174. The van der Waals surface area contributed by atoms with E-state index in [0.29, 0.717) is 12.1 Å². The van der Waals surface area contributed by atoms with Crippen LogP contribution in [0.5, 0.6) is 0 Å². The molecule has 0 saturated carbocycles. The molecular formula is C13H30N2O2. The van der Waals surface area contributed by atoms with Gasteiger partial charge >= 0.3 is 0 Å². The molecule has 0 fully saturated rings. The zero-order valence-corrected chi connectivity index (χ0v) is 11.7. The van der Waals surface area contributed by atoms with Crippen molar-refractivity contribution >= 4 is 0 Å². The maximum atomic E-state index is 9.24. The Balaban J connectivity index is 3.83. The van der Waals surface area contributed by atoms with E-state index in [0.717, 1.165) is 19.3 Å². The van der Waals surface area contributed by atoms with Crippen LogP contribution in [0.25, 0.3) is 0 Å². The molecular weight excluding hydrogens is 216 g/mol. The van der Waals surface area contributed by atoms with Crippen molar-refractivity contribution in [3.63, 3.8) is 0 Å². The van der Waals surface area contributed by atoms with Gasteiger partial charge in [-0.3, -0.25) is 0 Å². The summed E-state index contributed by atoms with van der Waals surface area (Å²) >= 11 is 0. The number of nitrogens with one attached hydrogen (secondary N) is 2. The fraction of sp³-hybridized carbons (Fsp3) is 1.00. The Morgan fingerprint density at radius 1 is 0.882 bits per heavy atom. The number of rotatable bonds is 10. The topological polar surface area (TPSA) is 64.5 Å². The molecule has 0 aromatic carbocycles. The standard InChI is InChI=1S/C13H30N2O2/c1-5-12(8-16)15-11(4)6-7-13(9-17)14-10(2)3/h10-17H,5-9H2,1-4H3/t11?,12-,13+/m1/s1. The lowest BCUT2D eigenvalue weighted by molar-refractivity contribution is 0.210. The summed E-state index contributed by atoms with van der Waals surface area (Å²) < 4.78 is 0. The van der Waals surface area contributed by atoms with Crippen molar-refractivity contribution in [1.29, 1.82) is 0 Å². The van der Waals surface area contributed by atoms with Crippen LogP contribution in [0.1, 0.15) is 47.0 Å². The zero-order valence-electron chi connectivity index (χ0n) is 11.7. The average molecular weight is 246 g/mol. The minimum Gasteiger partial charge on any atom is -0.395 e. The lowest BCUT2D eigenvalue weighted by atomic mass is 10.1. The van der Waals surface area contributed by atoms with Gasteiger partial charge in [0.25, 0.3) is 0 Å². The maximum absolute atomic E-state index is 9.24. The summed E-state index contributed by atoms with van der Waals surface area (Å²) in [5, 5.41) is 25.1. The van der Waals surface area contributed by atoms with E-state index in [1.807, 2.05) is 0 Å². The van der Waals surface area contributed by atoms with E-state index in [1.54, 1.807) is 0 Å². The molecule has 0 bridgehead atoms. The van der Waals surface area contributed by atoms with Crippen molar-refractivity contribution in [2.45, 2.75) is 71.1 Å². The highest BCUT2D eigenvalue weighted by atomic mass is 16.3. The summed E-state index contributed by atoms with van der Waals surface area (Å²) in [6.45, 7) is 8.74. The lowest BCUT2D eigenvalue weighted by Gasteiger charge is -2.24. The summed E-state index contributed by atoms with van der Waals surface area (Å²) in [5.41, 5.74) is 0. The van der Waals surface area contributed by atoms with Gasteiger partial charge in [-0.15, -0.1) is 0 Å². The molecule has 0 aromatic rings. The largest absolute Gasteiger partial charge is 0.395 e. The van der Waals surface area contributed by atoms with Gasteiger partial charge in [-0.25, -0.2) is 0 Å². The second kappa shape index (κ2) is 9.83. The fourth-order valence-corrected chi connectivity index (χ4v) is 1.94. The molecule has 17 heavy (non-hydrogen) atoms. The third kappa shape index (κ3) is 8.55. The first-order valence-electron chi connectivity index (χ1n) is 6.77. The molecule has 4 nitrogen and oxygen atoms in total. The number of aliphatic hydroxyl groups is 2. The molecule has 0 saturated heterocycles. The molecule has 3 atom stereocenters. The SMILES string of the molecule is CC[C@H](CO)NC(C)CC[C@@H](CO)NC(C)C. The first-order valence-corrected chi connectivity index (χ1v) is 6.77. The molecule has 0 aliphatic rings. The summed E-state index contributed by atoms with van der Waals surface area (Å²) in [4.78, 5) is 0. The van der Waals surface area contributed by atoms with E-state index < -0.39 is 0 Å². The summed E-state index contributed by atoms with van der Waals surface area (Å²) in [6.07, 6.45) is 2.89. The van der Waals surface area contributed by atoms with Crippen LogP contribution in [-0.4, -0.2) is 47.6 Å². The van der Waals surface area contributed by atoms with Gasteiger partial charge in [-0.1, -0.05) is 20.8 Å². The minimum atomic E-state index is 0.174. The first kappa shape index (κ1) is 16.8. The first-order chi connectivity index (χ1) is 8.03. The molecule has 4 heteroatoms. The highest BCUT2D eigenvalue weighted by Gasteiger charge is 2.13. The Kier molecular flexibility index (Phi) is 9.74. The average Bonchev–Trinajstić information content (AvgIpc) is 2.30. The van der Waals surface area contributed by atoms with Gasteiger partial charge in [0.2, 0.25) is 0 Å². The maximum Gasteiger partial charge on any atom is 0.0584 e. The summed E-state index contributed by atoms with van der Waals surface area (Å²) in [6, 6.07) is 1.13. The van der Waals surface area contributed by atoms with Crippen LogP contribution in [-0.2, 0) is 0 Å². The molecule has 0 rings (SSSR count). The van der Waals surface area contributed by atoms with E-state index >= 15 is 0 Å².